The normalized spacial score (nSPS) is 17.7. The molecule has 0 saturated heterocycles. The van der Waals surface area contributed by atoms with E-state index in [-0.39, 0.29) is 31.3 Å². The standard InChI is InChI=1S/C66H48.C58H30Br2.C4H10BO2.CH4.CH3/c1-63(2,3)37-29-31-41-39-17-7-11-25-51(39)65(55(41)33-37)53-27-13-9-19-45(53)61-47-23-15-22-44-50-36-58-62(48-24-16-21-43(60(48)50)49(59(44)47)35-57(61)65)46-20-10-14-28-54(46)66(58)52-26-12-8-18-40(52)42-32-30-38(34-56(42)66)64(4,5)6;59-31-23-25-35-33-11-1-5-19-45(33)57(49(35)27-31)47-21-7-3-13-39(47)55-41-17-9-16-38-44-30-52-56(42-18-10-15-37(54(42)44)43(53(38)41)29-51(55)57)40-14-4-8-22-48(40)58(52)46-20-6-2-12-34(46)36-26-24-32(60)28-50(36)58;1-4(2,3)7-5-6;;/h7-36H,1-6H3;1-30H;6H,1-3H3;1H4;1H3/q;;;;-1. The zero-order valence-corrected chi connectivity index (χ0v) is 79.5. The van der Waals surface area contributed by atoms with Crippen LogP contribution in [0, 0.1) is 7.43 Å². The van der Waals surface area contributed by atoms with Gasteiger partial charge < -0.3 is 17.1 Å². The van der Waals surface area contributed by atoms with E-state index in [9.17, 15) is 0 Å². The van der Waals surface area contributed by atoms with Crippen molar-refractivity contribution >= 4 is 126 Å². The SMILES string of the molecule is Brc1ccc2c(c1)C1(c3ccccc3-2)c2ccccc2-c2c1cc1c3cccc4c5c(cc(c6cccc2c61)c43)C1(c2ccccc2-c2ccc(Br)cc21)c1ccccc1-5.C.CC(C)(C)O[B]O.CC(C)(C)c1ccc2c(c1)C1(c3ccccc3-2)c2ccccc2-c2c1cc1c3cccc4c5c(cc(c6cccc2c61)c43)C1(c2ccccc2-c2ccc(C(C)(C)C)cc21)c1ccccc1-5.[CH3-]. The molecule has 0 amide bonds. The van der Waals surface area contributed by atoms with Crippen molar-refractivity contribution in [1.82, 2.24) is 0 Å². The summed E-state index contributed by atoms with van der Waals surface area (Å²) in [5, 5.41) is 29.5. The third-order valence-electron chi connectivity index (χ3n) is 32.1. The van der Waals surface area contributed by atoms with Gasteiger partial charge in [-0.15, -0.1) is 0 Å². The van der Waals surface area contributed by atoms with E-state index in [0.717, 1.165) is 8.95 Å². The van der Waals surface area contributed by atoms with Crippen LogP contribution in [0.4, 0.5) is 0 Å². The monoisotopic (exact) mass is 1860 g/mol. The van der Waals surface area contributed by atoms with Gasteiger partial charge in [0.1, 0.15) is 0 Å². The van der Waals surface area contributed by atoms with Crippen LogP contribution >= 0.6 is 31.9 Å². The van der Waals surface area contributed by atoms with Crippen molar-refractivity contribution in [3.05, 3.63) is 480 Å². The maximum absolute atomic E-state index is 8.05. The third kappa shape index (κ3) is 10.2. The van der Waals surface area contributed by atoms with Crippen LogP contribution in [0.5, 0.6) is 0 Å². The van der Waals surface area contributed by atoms with Gasteiger partial charge in [0.2, 0.25) is 0 Å². The first-order valence-electron chi connectivity index (χ1n) is 46.9. The van der Waals surface area contributed by atoms with Crippen LogP contribution in [-0.2, 0) is 37.1 Å². The van der Waals surface area contributed by atoms with Crippen molar-refractivity contribution in [2.24, 2.45) is 0 Å². The predicted molar refractivity (Wildman–Crippen MR) is 575 cm³/mol. The predicted octanol–water partition coefficient (Wildman–Crippen LogP) is 34.4. The zero-order valence-electron chi connectivity index (χ0n) is 76.3. The lowest BCUT2D eigenvalue weighted by Gasteiger charge is -2.32. The average molecular weight is 1860 g/mol. The van der Waals surface area contributed by atoms with Crippen LogP contribution in [-0.4, -0.2) is 18.3 Å². The number of benzene rings is 22. The molecule has 0 heterocycles. The molecule has 0 saturated carbocycles. The number of rotatable bonds is 1. The number of fused-ring (bicyclic) bond motifs is 48. The Bertz CT molecular complexity index is 8520. The maximum Gasteiger partial charge on any atom is 0.485 e. The van der Waals surface area contributed by atoms with Crippen LogP contribution in [0.2, 0.25) is 0 Å². The first kappa shape index (κ1) is 82.1. The number of hydrogen-bond acceptors (Lipinski definition) is 2. The number of hydrogen-bond donors (Lipinski definition) is 1. The molecule has 22 aromatic rings. The molecular weight excluding hydrogens is 1760 g/mol. The summed E-state index contributed by atoms with van der Waals surface area (Å²) in [6.07, 6.45) is 0. The second kappa shape index (κ2) is 28.3. The largest absolute Gasteiger partial charge is 0.485 e. The Hall–Kier alpha value is -13.6. The molecule has 135 heavy (non-hydrogen) atoms. The molecular formula is C130H95BBr2O2-. The van der Waals surface area contributed by atoms with Crippen LogP contribution in [0.25, 0.3) is 175 Å². The lowest BCUT2D eigenvalue weighted by Crippen LogP contribution is -2.26. The quantitative estimate of drug-likeness (QED) is 0.0768. The lowest BCUT2D eigenvalue weighted by molar-refractivity contribution is 0.116. The fourth-order valence-corrected chi connectivity index (χ4v) is 27.9. The van der Waals surface area contributed by atoms with Crippen LogP contribution in [0.15, 0.2) is 373 Å². The van der Waals surface area contributed by atoms with Crippen molar-refractivity contribution in [3.8, 4) is 89.0 Å². The first-order chi connectivity index (χ1) is 64.7. The topological polar surface area (TPSA) is 29.5 Å². The molecule has 30 rings (SSSR count). The zero-order chi connectivity index (χ0) is 89.4. The van der Waals surface area contributed by atoms with E-state index in [1.807, 2.05) is 20.8 Å². The Labute approximate surface area is 806 Å². The minimum absolute atomic E-state index is 0. The van der Waals surface area contributed by atoms with Crippen LogP contribution < -0.4 is 0 Å². The minimum atomic E-state index is -0.452. The molecule has 4 atom stereocenters. The fourth-order valence-electron chi connectivity index (χ4n) is 27.2. The third-order valence-corrected chi connectivity index (χ3v) is 33.1. The average Bonchev–Trinajstić information content (AvgIpc) is 1.50. The summed E-state index contributed by atoms with van der Waals surface area (Å²) >= 11 is 7.84. The summed E-state index contributed by atoms with van der Waals surface area (Å²) in [6.45, 7) is 19.7. The summed E-state index contributed by atoms with van der Waals surface area (Å²) in [4.78, 5) is 0. The molecule has 2 nitrogen and oxygen atoms in total. The highest BCUT2D eigenvalue weighted by Crippen LogP contribution is 2.72. The first-order valence-corrected chi connectivity index (χ1v) is 48.5. The van der Waals surface area contributed by atoms with Crippen molar-refractivity contribution in [2.45, 2.75) is 108 Å². The maximum atomic E-state index is 8.05. The van der Waals surface area contributed by atoms with Crippen molar-refractivity contribution in [2.75, 3.05) is 0 Å². The fraction of sp³-hybridized carbons (Fsp3) is 0.131. The number of halogens is 2. The van der Waals surface area contributed by atoms with E-state index in [2.05, 4.69) is 442 Å². The van der Waals surface area contributed by atoms with Crippen LogP contribution in [0.1, 0.15) is 170 Å². The molecule has 8 aliphatic rings. The highest BCUT2D eigenvalue weighted by molar-refractivity contribution is 9.10. The molecule has 8 aliphatic carbocycles. The molecule has 0 fully saturated rings. The summed E-state index contributed by atoms with van der Waals surface area (Å²) < 4.78 is 6.87. The van der Waals surface area contributed by atoms with Gasteiger partial charge in [-0.05, 0) is 355 Å². The van der Waals surface area contributed by atoms with Gasteiger partial charge in [-0.25, -0.2) is 0 Å². The molecule has 0 aliphatic heterocycles. The molecule has 1 N–H and O–H groups in total. The Kier molecular flexibility index (Phi) is 17.2. The lowest BCUT2D eigenvalue weighted by atomic mass is 9.68. The van der Waals surface area contributed by atoms with E-state index < -0.39 is 21.7 Å². The molecule has 5 heteroatoms. The molecule has 0 bridgehead atoms. The van der Waals surface area contributed by atoms with Gasteiger partial charge in [-0.1, -0.05) is 396 Å². The molecule has 4 spiro atoms. The summed E-state index contributed by atoms with van der Waals surface area (Å²) in [5.41, 5.74) is 44.3. The van der Waals surface area contributed by atoms with Gasteiger partial charge in [0.15, 0.2) is 0 Å². The highest BCUT2D eigenvalue weighted by atomic mass is 79.9. The highest BCUT2D eigenvalue weighted by Gasteiger charge is 2.58. The van der Waals surface area contributed by atoms with E-state index in [0.29, 0.717) is 7.69 Å². The van der Waals surface area contributed by atoms with Gasteiger partial charge >= 0.3 is 7.69 Å². The van der Waals surface area contributed by atoms with E-state index in [4.69, 9.17) is 5.02 Å². The smallest absolute Gasteiger partial charge is 0.429 e. The van der Waals surface area contributed by atoms with Gasteiger partial charge in [0, 0.05) is 14.5 Å². The van der Waals surface area contributed by atoms with Gasteiger partial charge in [-0.3, -0.25) is 0 Å². The van der Waals surface area contributed by atoms with Gasteiger partial charge in [0.05, 0.1) is 21.7 Å². The molecule has 645 valence electrons. The molecule has 1 radical (unpaired) electrons. The van der Waals surface area contributed by atoms with E-state index >= 15 is 0 Å². The van der Waals surface area contributed by atoms with Crippen molar-refractivity contribution in [3.63, 3.8) is 0 Å². The molecule has 22 aromatic carbocycles. The molecule has 0 aromatic heterocycles. The minimum Gasteiger partial charge on any atom is -0.429 e. The van der Waals surface area contributed by atoms with E-state index in [1.165, 1.54) is 275 Å². The summed E-state index contributed by atoms with van der Waals surface area (Å²) in [5.74, 6) is 0. The summed E-state index contributed by atoms with van der Waals surface area (Å²) in [7, 11) is 0.708. The Morgan fingerprint density at radius 2 is 0.422 bits per heavy atom. The Morgan fingerprint density at radius 1 is 0.215 bits per heavy atom. The van der Waals surface area contributed by atoms with Crippen LogP contribution in [0.3, 0.4) is 0 Å². The second-order valence-corrected chi connectivity index (χ2v) is 43.2. The van der Waals surface area contributed by atoms with Crippen molar-refractivity contribution < 1.29 is 9.68 Å². The van der Waals surface area contributed by atoms with E-state index in [1.54, 1.807) is 0 Å². The van der Waals surface area contributed by atoms with Crippen molar-refractivity contribution in [1.29, 1.82) is 0 Å². The molecule has 4 unspecified atom stereocenters. The van der Waals surface area contributed by atoms with Gasteiger partial charge in [0.25, 0.3) is 0 Å². The Balaban J connectivity index is 0.000000130. The Morgan fingerprint density at radius 3 is 0.652 bits per heavy atom. The second-order valence-electron chi connectivity index (χ2n) is 41.4. The van der Waals surface area contributed by atoms with Gasteiger partial charge in [-0.2, -0.15) is 0 Å². The summed E-state index contributed by atoms with van der Waals surface area (Å²) in [6, 6.07) is 142.